The Morgan fingerprint density at radius 3 is 2.18 bits per heavy atom. The maximum absolute atomic E-state index is 13.6. The van der Waals surface area contributed by atoms with Crippen molar-refractivity contribution in [2.75, 3.05) is 13.1 Å². The summed E-state index contributed by atoms with van der Waals surface area (Å²) in [6.07, 6.45) is 0.168. The van der Waals surface area contributed by atoms with Gasteiger partial charge in [0.1, 0.15) is 17.5 Å². The van der Waals surface area contributed by atoms with Crippen LogP contribution in [0.4, 0.5) is 9.18 Å². The molecule has 2 aromatic carbocycles. The molecule has 1 fully saturated rings. The summed E-state index contributed by atoms with van der Waals surface area (Å²) in [5.74, 6) is -2.03. The van der Waals surface area contributed by atoms with Crippen molar-refractivity contribution >= 4 is 18.0 Å². The van der Waals surface area contributed by atoms with Gasteiger partial charge in [0, 0.05) is 19.5 Å². The van der Waals surface area contributed by atoms with Crippen LogP contribution in [0.1, 0.15) is 44.7 Å². The normalized spacial score (nSPS) is 16.4. The van der Waals surface area contributed by atoms with Crippen molar-refractivity contribution in [3.05, 3.63) is 71.5 Å². The van der Waals surface area contributed by atoms with Gasteiger partial charge in [0.2, 0.25) is 5.91 Å². The predicted octanol–water partition coefficient (Wildman–Crippen LogP) is 3.91. The van der Waals surface area contributed by atoms with Crippen molar-refractivity contribution in [2.45, 2.75) is 57.1 Å². The van der Waals surface area contributed by atoms with Gasteiger partial charge in [0.05, 0.1) is 5.41 Å². The first kappa shape index (κ1) is 25.2. The second kappa shape index (κ2) is 10.2. The largest absolute Gasteiger partial charge is 0.480 e. The van der Waals surface area contributed by atoms with E-state index in [9.17, 15) is 23.9 Å². The molecule has 2 amide bonds. The molecular formula is C26H31FN2O5. The van der Waals surface area contributed by atoms with E-state index in [0.29, 0.717) is 5.56 Å². The predicted molar refractivity (Wildman–Crippen MR) is 125 cm³/mol. The average molecular weight is 471 g/mol. The fourth-order valence-electron chi connectivity index (χ4n) is 4.16. The lowest BCUT2D eigenvalue weighted by atomic mass is 9.71. The Balaban J connectivity index is 1.83. The molecule has 0 saturated carbocycles. The molecule has 3 rings (SSSR count). The number of piperidine rings is 1. The van der Waals surface area contributed by atoms with Crippen molar-refractivity contribution < 1.29 is 28.6 Å². The summed E-state index contributed by atoms with van der Waals surface area (Å²) in [7, 11) is 0. The molecule has 0 aromatic heterocycles. The molecule has 0 spiro atoms. The number of rotatable bonds is 6. The first-order valence-electron chi connectivity index (χ1n) is 11.3. The first-order valence-corrected chi connectivity index (χ1v) is 11.3. The van der Waals surface area contributed by atoms with E-state index in [1.54, 1.807) is 49.9 Å². The second-order valence-corrected chi connectivity index (χ2v) is 9.61. The molecule has 1 heterocycles. The summed E-state index contributed by atoms with van der Waals surface area (Å²) in [5.41, 5.74) is -0.382. The molecule has 0 unspecified atom stereocenters. The van der Waals surface area contributed by atoms with E-state index >= 15 is 0 Å². The summed E-state index contributed by atoms with van der Waals surface area (Å²) in [4.78, 5) is 39.6. The lowest BCUT2D eigenvalue weighted by Crippen LogP contribution is -2.56. The molecule has 0 aliphatic carbocycles. The van der Waals surface area contributed by atoms with E-state index in [-0.39, 0.29) is 32.4 Å². The van der Waals surface area contributed by atoms with Gasteiger partial charge in [-0.1, -0.05) is 42.5 Å². The number of carboxylic acid groups (broad SMARTS) is 1. The zero-order valence-corrected chi connectivity index (χ0v) is 19.7. The van der Waals surface area contributed by atoms with Gasteiger partial charge < -0.3 is 20.1 Å². The van der Waals surface area contributed by atoms with Crippen LogP contribution in [0.3, 0.4) is 0 Å². The Hall–Kier alpha value is -3.42. The highest BCUT2D eigenvalue weighted by Crippen LogP contribution is 2.37. The first-order chi connectivity index (χ1) is 16.0. The van der Waals surface area contributed by atoms with Crippen LogP contribution < -0.4 is 5.32 Å². The number of carboxylic acids is 1. The van der Waals surface area contributed by atoms with Crippen LogP contribution in [-0.4, -0.2) is 52.7 Å². The number of halogens is 1. The zero-order chi connectivity index (χ0) is 24.9. The third-order valence-corrected chi connectivity index (χ3v) is 5.99. The van der Waals surface area contributed by atoms with Gasteiger partial charge in [-0.15, -0.1) is 0 Å². The van der Waals surface area contributed by atoms with E-state index in [1.807, 2.05) is 18.2 Å². The Morgan fingerprint density at radius 2 is 1.65 bits per heavy atom. The summed E-state index contributed by atoms with van der Waals surface area (Å²) in [6, 6.07) is 13.6. The second-order valence-electron chi connectivity index (χ2n) is 9.61. The van der Waals surface area contributed by atoms with E-state index in [1.165, 1.54) is 12.1 Å². The topological polar surface area (TPSA) is 95.9 Å². The molecule has 0 bridgehead atoms. The highest BCUT2D eigenvalue weighted by Gasteiger charge is 2.45. The van der Waals surface area contributed by atoms with Crippen LogP contribution in [0.25, 0.3) is 0 Å². The molecule has 182 valence electrons. The molecule has 0 radical (unpaired) electrons. The van der Waals surface area contributed by atoms with Crippen molar-refractivity contribution in [1.29, 1.82) is 0 Å². The van der Waals surface area contributed by atoms with Crippen molar-refractivity contribution in [2.24, 2.45) is 0 Å². The molecule has 1 atom stereocenters. The Labute approximate surface area is 198 Å². The minimum Gasteiger partial charge on any atom is -0.480 e. The number of benzene rings is 2. The number of hydrogen-bond acceptors (Lipinski definition) is 4. The number of amides is 2. The zero-order valence-electron chi connectivity index (χ0n) is 19.7. The molecule has 1 aliphatic heterocycles. The van der Waals surface area contributed by atoms with Crippen LogP contribution in [0.2, 0.25) is 0 Å². The Bertz CT molecular complexity index is 1010. The van der Waals surface area contributed by atoms with Crippen molar-refractivity contribution in [1.82, 2.24) is 10.2 Å². The van der Waals surface area contributed by atoms with E-state index in [0.717, 1.165) is 5.56 Å². The van der Waals surface area contributed by atoms with E-state index < -0.39 is 40.8 Å². The molecule has 8 heteroatoms. The van der Waals surface area contributed by atoms with Crippen molar-refractivity contribution in [3.63, 3.8) is 0 Å². The number of carbonyl (C=O) groups is 3. The number of nitrogens with zero attached hydrogens (tertiary/aromatic N) is 1. The Kier molecular flexibility index (Phi) is 7.59. The third kappa shape index (κ3) is 6.12. The van der Waals surface area contributed by atoms with Gasteiger partial charge in [-0.05, 0) is 56.9 Å². The fraction of sp³-hybridized carbons (Fsp3) is 0.423. The van der Waals surface area contributed by atoms with E-state index in [2.05, 4.69) is 5.32 Å². The van der Waals surface area contributed by atoms with Crippen molar-refractivity contribution in [3.8, 4) is 0 Å². The standard InChI is InChI=1S/C26H31FN2O5/c1-25(2,3)34-24(33)29-15-13-26(14-16-29,19-9-11-20(27)12-10-19)23(32)28-21(22(30)31)17-18-7-5-4-6-8-18/h4-12,21H,13-17H2,1-3H3,(H,28,32)(H,30,31)/t21-/m0/s1. The molecule has 1 saturated heterocycles. The van der Waals surface area contributed by atoms with Gasteiger partial charge in [-0.3, -0.25) is 4.79 Å². The quantitative estimate of drug-likeness (QED) is 0.668. The molecule has 7 nitrogen and oxygen atoms in total. The van der Waals surface area contributed by atoms with Gasteiger partial charge in [0.15, 0.2) is 0 Å². The number of aliphatic carboxylic acids is 1. The third-order valence-electron chi connectivity index (χ3n) is 5.99. The maximum Gasteiger partial charge on any atom is 0.410 e. The fourth-order valence-corrected chi connectivity index (χ4v) is 4.16. The molecule has 34 heavy (non-hydrogen) atoms. The lowest BCUT2D eigenvalue weighted by molar-refractivity contribution is -0.143. The number of hydrogen-bond donors (Lipinski definition) is 2. The molecule has 1 aliphatic rings. The summed E-state index contributed by atoms with van der Waals surface area (Å²) in [5, 5.41) is 12.5. The highest BCUT2D eigenvalue weighted by atomic mass is 19.1. The number of nitrogens with one attached hydrogen (secondary N) is 1. The monoisotopic (exact) mass is 470 g/mol. The summed E-state index contributed by atoms with van der Waals surface area (Å²) < 4.78 is 19.1. The van der Waals surface area contributed by atoms with Gasteiger partial charge in [-0.25, -0.2) is 14.0 Å². The molecular weight excluding hydrogens is 439 g/mol. The molecule has 2 N–H and O–H groups in total. The number of carbonyl (C=O) groups excluding carboxylic acids is 2. The summed E-state index contributed by atoms with van der Waals surface area (Å²) >= 11 is 0. The van der Waals surface area contributed by atoms with Crippen LogP contribution in [0.15, 0.2) is 54.6 Å². The maximum atomic E-state index is 13.6. The Morgan fingerprint density at radius 1 is 1.06 bits per heavy atom. The average Bonchev–Trinajstić information content (AvgIpc) is 2.78. The van der Waals surface area contributed by atoms with Crippen LogP contribution in [0.5, 0.6) is 0 Å². The summed E-state index contributed by atoms with van der Waals surface area (Å²) in [6.45, 7) is 5.84. The molecule has 2 aromatic rings. The van der Waals surface area contributed by atoms with Crippen LogP contribution in [-0.2, 0) is 26.2 Å². The highest BCUT2D eigenvalue weighted by molar-refractivity contribution is 5.92. The number of likely N-dealkylation sites (tertiary alicyclic amines) is 1. The minimum atomic E-state index is -1.14. The van der Waals surface area contributed by atoms with Gasteiger partial charge in [-0.2, -0.15) is 0 Å². The lowest BCUT2D eigenvalue weighted by Gasteiger charge is -2.41. The minimum absolute atomic E-state index is 0.130. The number of ether oxygens (including phenoxy) is 1. The van der Waals surface area contributed by atoms with Crippen LogP contribution in [0, 0.1) is 5.82 Å². The SMILES string of the molecule is CC(C)(C)OC(=O)N1CCC(C(=O)N[C@@H](Cc2ccccc2)C(=O)O)(c2ccc(F)cc2)CC1. The van der Waals surface area contributed by atoms with E-state index in [4.69, 9.17) is 4.74 Å². The van der Waals surface area contributed by atoms with Crippen LogP contribution >= 0.6 is 0 Å². The smallest absolute Gasteiger partial charge is 0.410 e. The van der Waals surface area contributed by atoms with Gasteiger partial charge >= 0.3 is 12.1 Å². The van der Waals surface area contributed by atoms with Gasteiger partial charge in [0.25, 0.3) is 0 Å².